The lowest BCUT2D eigenvalue weighted by Gasteiger charge is -2.07. The van der Waals surface area contributed by atoms with Gasteiger partial charge in [0.1, 0.15) is 0 Å². The van der Waals surface area contributed by atoms with Gasteiger partial charge in [0, 0.05) is 44.4 Å². The van der Waals surface area contributed by atoms with E-state index in [1.54, 1.807) is 29.2 Å². The number of nitrogens with one attached hydrogen (secondary N) is 2. The van der Waals surface area contributed by atoms with Crippen molar-refractivity contribution in [1.82, 2.24) is 19.6 Å². The van der Waals surface area contributed by atoms with Crippen LogP contribution in [0.4, 0.5) is 0 Å². The average molecular weight is 308 g/mol. The van der Waals surface area contributed by atoms with Crippen LogP contribution in [0.15, 0.2) is 35.6 Å². The highest BCUT2D eigenvalue weighted by Crippen LogP contribution is 2.14. The van der Waals surface area contributed by atoms with E-state index in [1.165, 1.54) is 0 Å². The summed E-state index contributed by atoms with van der Waals surface area (Å²) >= 11 is 0. The summed E-state index contributed by atoms with van der Waals surface area (Å²) in [7, 11) is 0.133. The van der Waals surface area contributed by atoms with E-state index in [4.69, 9.17) is 0 Å². The Balaban J connectivity index is 2.15. The molecular weight excluding hydrogens is 288 g/mol. The Hall–Kier alpha value is -1.70. The zero-order chi connectivity index (χ0) is 15.5. The van der Waals surface area contributed by atoms with Crippen LogP contribution < -0.4 is 10.0 Å². The third-order valence-corrected chi connectivity index (χ3v) is 4.72. The van der Waals surface area contributed by atoms with Crippen LogP contribution >= 0.6 is 0 Å². The Morgan fingerprint density at radius 3 is 2.76 bits per heavy atom. The first-order valence-electron chi connectivity index (χ1n) is 6.63. The maximum absolute atomic E-state index is 12.3. The molecule has 0 amide bonds. The van der Waals surface area contributed by atoms with Crippen molar-refractivity contribution in [3.63, 3.8) is 0 Å². The predicted octanol–water partition coefficient (Wildman–Crippen LogP) is 0.926. The van der Waals surface area contributed by atoms with Crippen LogP contribution in [0.2, 0.25) is 0 Å². The van der Waals surface area contributed by atoms with E-state index in [0.29, 0.717) is 6.54 Å². The number of pyridine rings is 1. The molecule has 2 aromatic rings. The summed E-state index contributed by atoms with van der Waals surface area (Å²) in [5, 5.41) is 3.01. The van der Waals surface area contributed by atoms with E-state index < -0.39 is 10.0 Å². The van der Waals surface area contributed by atoms with Crippen LogP contribution in [0.5, 0.6) is 0 Å². The standard InChI is InChI=1S/C14H20N4O2S/c1-11-4-5-16-7-12(11)8-17-21(19,20)14-6-13(9-15-2)18(3)10-14/h4-7,10,15,17H,8-9H2,1-3H3. The molecule has 0 aliphatic carbocycles. The molecule has 6 nitrogen and oxygen atoms in total. The fourth-order valence-corrected chi connectivity index (χ4v) is 3.12. The molecule has 0 saturated heterocycles. The summed E-state index contributed by atoms with van der Waals surface area (Å²) in [5.74, 6) is 0. The molecule has 2 N–H and O–H groups in total. The highest BCUT2D eigenvalue weighted by atomic mass is 32.2. The monoisotopic (exact) mass is 308 g/mol. The molecular formula is C14H20N4O2S. The lowest BCUT2D eigenvalue weighted by molar-refractivity contribution is 0.581. The zero-order valence-corrected chi connectivity index (χ0v) is 13.2. The molecule has 2 heterocycles. The summed E-state index contributed by atoms with van der Waals surface area (Å²) in [6, 6.07) is 3.53. The molecule has 0 fully saturated rings. The SMILES string of the molecule is CNCc1cc(S(=O)(=O)NCc2cnccc2C)cn1C. The van der Waals surface area contributed by atoms with Crippen LogP contribution in [-0.4, -0.2) is 25.0 Å². The number of hydrogen-bond donors (Lipinski definition) is 2. The lowest BCUT2D eigenvalue weighted by atomic mass is 10.2. The Morgan fingerprint density at radius 2 is 2.10 bits per heavy atom. The van der Waals surface area contributed by atoms with Crippen LogP contribution in [0.3, 0.4) is 0 Å². The normalized spacial score (nSPS) is 11.8. The van der Waals surface area contributed by atoms with Crippen molar-refractivity contribution in [2.75, 3.05) is 7.05 Å². The van der Waals surface area contributed by atoms with E-state index in [9.17, 15) is 8.42 Å². The molecule has 0 bridgehead atoms. The van der Waals surface area contributed by atoms with Crippen molar-refractivity contribution in [2.45, 2.75) is 24.9 Å². The van der Waals surface area contributed by atoms with Crippen LogP contribution in [0, 0.1) is 6.92 Å². The lowest BCUT2D eigenvalue weighted by Crippen LogP contribution is -2.23. The third kappa shape index (κ3) is 3.69. The number of rotatable bonds is 6. The fraction of sp³-hybridized carbons (Fsp3) is 0.357. The fourth-order valence-electron chi connectivity index (χ4n) is 2.02. The molecule has 2 aromatic heterocycles. The molecule has 0 aliphatic rings. The Bertz CT molecular complexity index is 722. The highest BCUT2D eigenvalue weighted by molar-refractivity contribution is 7.89. The Morgan fingerprint density at radius 1 is 1.33 bits per heavy atom. The minimum atomic E-state index is -3.52. The third-order valence-electron chi connectivity index (χ3n) is 3.35. The number of aryl methyl sites for hydroxylation is 2. The van der Waals surface area contributed by atoms with E-state index in [0.717, 1.165) is 16.8 Å². The summed E-state index contributed by atoms with van der Waals surface area (Å²) in [6.07, 6.45) is 4.98. The number of aromatic nitrogens is 2. The maximum Gasteiger partial charge on any atom is 0.242 e. The molecule has 0 aliphatic heterocycles. The molecule has 7 heteroatoms. The van der Waals surface area contributed by atoms with Gasteiger partial charge in [-0.3, -0.25) is 4.98 Å². The van der Waals surface area contributed by atoms with Gasteiger partial charge in [0.2, 0.25) is 10.0 Å². The van der Waals surface area contributed by atoms with E-state index in [2.05, 4.69) is 15.0 Å². The number of sulfonamides is 1. The van der Waals surface area contributed by atoms with Crippen molar-refractivity contribution in [3.05, 3.63) is 47.5 Å². The first-order valence-corrected chi connectivity index (χ1v) is 8.11. The molecule has 0 spiro atoms. The minimum Gasteiger partial charge on any atom is -0.352 e. The maximum atomic E-state index is 12.3. The van der Waals surface area contributed by atoms with Crippen LogP contribution in [0.25, 0.3) is 0 Å². The molecule has 21 heavy (non-hydrogen) atoms. The molecule has 0 aromatic carbocycles. The average Bonchev–Trinajstić information content (AvgIpc) is 2.81. The van der Waals surface area contributed by atoms with Gasteiger partial charge in [0.05, 0.1) is 4.90 Å². The molecule has 114 valence electrons. The topological polar surface area (TPSA) is 76.0 Å². The molecule has 0 atom stereocenters. The largest absolute Gasteiger partial charge is 0.352 e. The van der Waals surface area contributed by atoms with Gasteiger partial charge in [0.25, 0.3) is 0 Å². The quantitative estimate of drug-likeness (QED) is 0.832. The number of nitrogens with zero attached hydrogens (tertiary/aromatic N) is 2. The summed E-state index contributed by atoms with van der Waals surface area (Å²) in [4.78, 5) is 4.29. The van der Waals surface area contributed by atoms with Gasteiger partial charge in [-0.15, -0.1) is 0 Å². The zero-order valence-electron chi connectivity index (χ0n) is 12.4. The van der Waals surface area contributed by atoms with Gasteiger partial charge in [0.15, 0.2) is 0 Å². The van der Waals surface area contributed by atoms with Gasteiger partial charge in [-0.2, -0.15) is 0 Å². The predicted molar refractivity (Wildman–Crippen MR) is 81.2 cm³/mol. The first-order chi connectivity index (χ1) is 9.94. The molecule has 0 radical (unpaired) electrons. The second-order valence-electron chi connectivity index (χ2n) is 4.94. The Labute approximate surface area is 125 Å². The van der Waals surface area contributed by atoms with Gasteiger partial charge in [-0.05, 0) is 37.2 Å². The number of hydrogen-bond acceptors (Lipinski definition) is 4. The van der Waals surface area contributed by atoms with Crippen molar-refractivity contribution < 1.29 is 8.42 Å². The van der Waals surface area contributed by atoms with Gasteiger partial charge < -0.3 is 9.88 Å². The summed E-state index contributed by atoms with van der Waals surface area (Å²) in [5.41, 5.74) is 2.79. The smallest absolute Gasteiger partial charge is 0.242 e. The molecule has 2 rings (SSSR count). The van der Waals surface area contributed by atoms with Gasteiger partial charge >= 0.3 is 0 Å². The van der Waals surface area contributed by atoms with Crippen molar-refractivity contribution in [3.8, 4) is 0 Å². The highest BCUT2D eigenvalue weighted by Gasteiger charge is 2.17. The van der Waals surface area contributed by atoms with E-state index >= 15 is 0 Å². The van der Waals surface area contributed by atoms with Gasteiger partial charge in [-0.25, -0.2) is 13.1 Å². The van der Waals surface area contributed by atoms with Crippen molar-refractivity contribution >= 4 is 10.0 Å². The van der Waals surface area contributed by atoms with Crippen molar-refractivity contribution in [2.24, 2.45) is 7.05 Å². The Kier molecular flexibility index (Phi) is 4.76. The van der Waals surface area contributed by atoms with Crippen LogP contribution in [-0.2, 0) is 30.2 Å². The van der Waals surface area contributed by atoms with Crippen LogP contribution in [0.1, 0.15) is 16.8 Å². The summed E-state index contributed by atoms with van der Waals surface area (Å²) < 4.78 is 29.1. The first kappa shape index (κ1) is 15.7. The van der Waals surface area contributed by atoms with E-state index in [1.807, 2.05) is 27.1 Å². The van der Waals surface area contributed by atoms with E-state index in [-0.39, 0.29) is 11.4 Å². The van der Waals surface area contributed by atoms with Crippen molar-refractivity contribution in [1.29, 1.82) is 0 Å². The second-order valence-corrected chi connectivity index (χ2v) is 6.70. The van der Waals surface area contributed by atoms with Gasteiger partial charge in [-0.1, -0.05) is 0 Å². The minimum absolute atomic E-state index is 0.234. The molecule has 0 saturated carbocycles. The molecule has 0 unspecified atom stereocenters. The summed E-state index contributed by atoms with van der Waals surface area (Å²) in [6.45, 7) is 2.78. The second kappa shape index (κ2) is 6.38.